The molecule has 32 heavy (non-hydrogen) atoms. The van der Waals surface area contributed by atoms with Crippen LogP contribution in [0.2, 0.25) is 0 Å². The van der Waals surface area contributed by atoms with E-state index in [9.17, 15) is 16.8 Å². The molecule has 0 saturated carbocycles. The molecule has 0 unspecified atom stereocenters. The molecule has 0 fully saturated rings. The van der Waals surface area contributed by atoms with Crippen LogP contribution in [0.1, 0.15) is 0 Å². The molecule has 0 atom stereocenters. The first-order chi connectivity index (χ1) is 15.1. The Morgan fingerprint density at radius 3 is 1.78 bits per heavy atom. The van der Waals surface area contributed by atoms with Crippen molar-refractivity contribution in [2.75, 3.05) is 4.31 Å². The monoisotopic (exact) mass is 594 g/mol. The van der Waals surface area contributed by atoms with Gasteiger partial charge in [-0.05, 0) is 53.9 Å². The molecule has 0 spiro atoms. The molecule has 164 valence electrons. The zero-order valence-corrected chi connectivity index (χ0v) is 21.1. The first-order valence-electron chi connectivity index (χ1n) is 9.19. The number of fused-ring (bicyclic) bond motifs is 1. The zero-order chi connectivity index (χ0) is 23.1. The van der Waals surface area contributed by atoms with E-state index in [0.717, 1.165) is 6.07 Å². The van der Waals surface area contributed by atoms with Crippen LogP contribution < -0.4 is 9.44 Å². The van der Waals surface area contributed by atoms with Crippen molar-refractivity contribution in [1.82, 2.24) is 0 Å². The van der Waals surface area contributed by atoms with E-state index < -0.39 is 20.0 Å². The lowest BCUT2D eigenvalue weighted by molar-refractivity contribution is 0.596. The highest BCUT2D eigenvalue weighted by Crippen LogP contribution is 2.37. The van der Waals surface area contributed by atoms with Crippen LogP contribution in [0.4, 0.5) is 11.4 Å². The summed E-state index contributed by atoms with van der Waals surface area (Å²) in [4.78, 5) is -0.446. The predicted octanol–water partition coefficient (Wildman–Crippen LogP) is 5.54. The summed E-state index contributed by atoms with van der Waals surface area (Å²) in [6.45, 7) is 0. The summed E-state index contributed by atoms with van der Waals surface area (Å²) in [6, 6.07) is 22.8. The third kappa shape index (κ3) is 4.46. The number of anilines is 2. The standard InChI is InChI=1S/C22H16Br2N2O4S2/c23-16-6-3-8-18(12-16)26(19-9-4-7-17(24)13-19)32(29,30)22-14-20(31(25,27)28)11-15-5-1-2-10-21(15)22/h1-14H,(H2,25,27,28). The Balaban J connectivity index is 2.07. The molecule has 10 heteroatoms. The first kappa shape index (κ1) is 22.9. The van der Waals surface area contributed by atoms with Crippen LogP contribution in [0, 0.1) is 0 Å². The minimum atomic E-state index is -4.28. The van der Waals surface area contributed by atoms with Gasteiger partial charge in [-0.3, -0.25) is 0 Å². The molecule has 6 nitrogen and oxygen atoms in total. The molecule has 0 radical (unpaired) electrons. The highest BCUT2D eigenvalue weighted by atomic mass is 79.9. The molecule has 0 aliphatic carbocycles. The Bertz CT molecular complexity index is 1510. The van der Waals surface area contributed by atoms with Crippen LogP contribution >= 0.6 is 31.9 Å². The van der Waals surface area contributed by atoms with Crippen molar-refractivity contribution >= 4 is 74.1 Å². The van der Waals surface area contributed by atoms with E-state index in [-0.39, 0.29) is 9.79 Å². The number of hydrogen-bond acceptors (Lipinski definition) is 4. The quantitative estimate of drug-likeness (QED) is 0.327. The fourth-order valence-electron chi connectivity index (χ4n) is 3.36. The lowest BCUT2D eigenvalue weighted by Gasteiger charge is -2.26. The number of sulfonamides is 2. The predicted molar refractivity (Wildman–Crippen MR) is 133 cm³/mol. The van der Waals surface area contributed by atoms with E-state index in [1.165, 1.54) is 10.4 Å². The molecule has 0 heterocycles. The average molecular weight is 596 g/mol. The number of hydrogen-bond donors (Lipinski definition) is 1. The number of nitrogens with two attached hydrogens (primary N) is 1. The van der Waals surface area contributed by atoms with Crippen LogP contribution in [0.25, 0.3) is 10.8 Å². The van der Waals surface area contributed by atoms with E-state index in [1.54, 1.807) is 72.8 Å². The smallest absolute Gasteiger partial charge is 0.234 e. The second kappa shape index (κ2) is 8.60. The molecule has 0 amide bonds. The van der Waals surface area contributed by atoms with E-state index in [4.69, 9.17) is 5.14 Å². The normalized spacial score (nSPS) is 12.1. The summed E-state index contributed by atoms with van der Waals surface area (Å²) in [5.74, 6) is 0. The molecule has 2 N–H and O–H groups in total. The van der Waals surface area contributed by atoms with E-state index in [1.807, 2.05) is 0 Å². The van der Waals surface area contributed by atoms with Crippen LogP contribution in [0.15, 0.2) is 104 Å². The largest absolute Gasteiger partial charge is 0.269 e. The summed E-state index contributed by atoms with van der Waals surface area (Å²) >= 11 is 6.78. The Labute approximate surface area is 203 Å². The van der Waals surface area contributed by atoms with Gasteiger partial charge in [-0.25, -0.2) is 26.3 Å². The number of benzene rings is 4. The van der Waals surface area contributed by atoms with Crippen LogP contribution in [-0.4, -0.2) is 16.8 Å². The van der Waals surface area contributed by atoms with Crippen molar-refractivity contribution in [3.63, 3.8) is 0 Å². The van der Waals surface area contributed by atoms with Gasteiger partial charge in [-0.15, -0.1) is 0 Å². The van der Waals surface area contributed by atoms with E-state index in [0.29, 0.717) is 31.1 Å². The third-order valence-electron chi connectivity index (χ3n) is 4.73. The van der Waals surface area contributed by atoms with Gasteiger partial charge in [0, 0.05) is 14.3 Å². The Hall–Kier alpha value is -2.24. The maximum atomic E-state index is 14.1. The molecule has 4 aromatic rings. The highest BCUT2D eigenvalue weighted by molar-refractivity contribution is 9.10. The average Bonchev–Trinajstić information content (AvgIpc) is 2.72. The molecule has 0 saturated heterocycles. The van der Waals surface area contributed by atoms with Crippen molar-refractivity contribution in [2.45, 2.75) is 9.79 Å². The van der Waals surface area contributed by atoms with Crippen molar-refractivity contribution in [3.8, 4) is 0 Å². The van der Waals surface area contributed by atoms with Gasteiger partial charge in [0.05, 0.1) is 21.2 Å². The van der Waals surface area contributed by atoms with E-state index >= 15 is 0 Å². The van der Waals surface area contributed by atoms with Gasteiger partial charge in [-0.2, -0.15) is 0 Å². The fraction of sp³-hybridized carbons (Fsp3) is 0. The minimum Gasteiger partial charge on any atom is -0.234 e. The van der Waals surface area contributed by atoms with Crippen molar-refractivity contribution in [2.24, 2.45) is 5.14 Å². The zero-order valence-electron chi connectivity index (χ0n) is 16.3. The van der Waals surface area contributed by atoms with Crippen molar-refractivity contribution in [3.05, 3.63) is 93.9 Å². The van der Waals surface area contributed by atoms with Crippen molar-refractivity contribution in [1.29, 1.82) is 0 Å². The van der Waals surface area contributed by atoms with Crippen LogP contribution in [0.3, 0.4) is 0 Å². The van der Waals surface area contributed by atoms with Gasteiger partial charge in [-0.1, -0.05) is 68.3 Å². The summed E-state index contributed by atoms with van der Waals surface area (Å²) in [7, 11) is -8.42. The SMILES string of the molecule is NS(=O)(=O)c1cc(S(=O)(=O)N(c2cccc(Br)c2)c2cccc(Br)c2)c2ccccc2c1. The molecule has 4 rings (SSSR count). The molecule has 0 bridgehead atoms. The summed E-state index contributed by atoms with van der Waals surface area (Å²) in [6.07, 6.45) is 0. The van der Waals surface area contributed by atoms with Crippen LogP contribution in [-0.2, 0) is 20.0 Å². The Morgan fingerprint density at radius 1 is 0.688 bits per heavy atom. The molecule has 0 aromatic heterocycles. The summed E-state index contributed by atoms with van der Waals surface area (Å²) in [5.41, 5.74) is 0.755. The summed E-state index contributed by atoms with van der Waals surface area (Å²) in [5, 5.41) is 6.18. The second-order valence-electron chi connectivity index (χ2n) is 6.92. The number of nitrogens with zero attached hydrogens (tertiary/aromatic N) is 1. The maximum absolute atomic E-state index is 14.1. The summed E-state index contributed by atoms with van der Waals surface area (Å²) < 4.78 is 55.0. The fourth-order valence-corrected chi connectivity index (χ4v) is 6.50. The van der Waals surface area contributed by atoms with Crippen LogP contribution in [0.5, 0.6) is 0 Å². The van der Waals surface area contributed by atoms with Gasteiger partial charge in [0.25, 0.3) is 10.0 Å². The topological polar surface area (TPSA) is 97.5 Å². The number of rotatable bonds is 5. The lowest BCUT2D eigenvalue weighted by Crippen LogP contribution is -2.27. The van der Waals surface area contributed by atoms with Gasteiger partial charge >= 0.3 is 0 Å². The van der Waals surface area contributed by atoms with E-state index in [2.05, 4.69) is 31.9 Å². The van der Waals surface area contributed by atoms with Gasteiger partial charge in [0.15, 0.2) is 0 Å². The number of primary sulfonamides is 1. The molecular weight excluding hydrogens is 580 g/mol. The Kier molecular flexibility index (Phi) is 6.17. The van der Waals surface area contributed by atoms with Gasteiger partial charge < -0.3 is 0 Å². The third-order valence-corrected chi connectivity index (χ3v) is 8.40. The number of halogens is 2. The maximum Gasteiger partial charge on any atom is 0.269 e. The molecular formula is C22H16Br2N2O4S2. The lowest BCUT2D eigenvalue weighted by atomic mass is 10.1. The highest BCUT2D eigenvalue weighted by Gasteiger charge is 2.30. The first-order valence-corrected chi connectivity index (χ1v) is 13.8. The second-order valence-corrected chi connectivity index (χ2v) is 12.1. The van der Waals surface area contributed by atoms with Gasteiger partial charge in [0.1, 0.15) is 0 Å². The van der Waals surface area contributed by atoms with Crippen molar-refractivity contribution < 1.29 is 16.8 Å². The minimum absolute atomic E-state index is 0.167. The van der Waals surface area contributed by atoms with Gasteiger partial charge in [0.2, 0.25) is 10.0 Å². The Morgan fingerprint density at radius 2 is 1.25 bits per heavy atom. The molecule has 0 aliphatic heterocycles. The molecule has 4 aromatic carbocycles. The molecule has 0 aliphatic rings.